The highest BCUT2D eigenvalue weighted by Gasteiger charge is 2.64. The maximum Gasteiger partial charge on any atom is 0.441 e. The molecule has 0 saturated carbocycles. The number of nitrogens with one attached hydrogen (secondary N) is 2. The first kappa shape index (κ1) is 24.5. The van der Waals surface area contributed by atoms with Gasteiger partial charge in [0.2, 0.25) is 0 Å². The van der Waals surface area contributed by atoms with Crippen molar-refractivity contribution in [1.29, 1.82) is 5.26 Å². The summed E-state index contributed by atoms with van der Waals surface area (Å²) >= 11 is 0.961. The second-order valence-electron chi connectivity index (χ2n) is 7.43. The Morgan fingerprint density at radius 1 is 1.15 bits per heavy atom. The molecule has 6 nitrogen and oxygen atoms in total. The fourth-order valence-electron chi connectivity index (χ4n) is 3.59. The van der Waals surface area contributed by atoms with E-state index in [2.05, 4.69) is 10.1 Å². The third kappa shape index (κ3) is 4.95. The highest BCUT2D eigenvalue weighted by molar-refractivity contribution is 7.16. The molecule has 0 unspecified atom stereocenters. The van der Waals surface area contributed by atoms with Gasteiger partial charge in [0.15, 0.2) is 0 Å². The first-order valence-corrected chi connectivity index (χ1v) is 11.1. The molecule has 0 spiro atoms. The van der Waals surface area contributed by atoms with Crippen molar-refractivity contribution in [3.63, 3.8) is 0 Å². The quantitative estimate of drug-likeness (QED) is 0.269. The van der Waals surface area contributed by atoms with Gasteiger partial charge in [0.1, 0.15) is 16.9 Å². The highest BCUT2D eigenvalue weighted by atomic mass is 32.1. The fraction of sp³-hybridized carbons (Fsp3) is 0.409. The van der Waals surface area contributed by atoms with Crippen LogP contribution in [-0.4, -0.2) is 30.3 Å². The predicted molar refractivity (Wildman–Crippen MR) is 113 cm³/mol. The average molecular weight is 483 g/mol. The number of esters is 1. The number of hydrogen-bond donors (Lipinski definition) is 2. The summed E-state index contributed by atoms with van der Waals surface area (Å²) in [6, 6.07) is 5.74. The molecule has 176 valence electrons. The topological polar surface area (TPSA) is 91.2 Å². The number of carbonyl (C=O) groups is 2. The van der Waals surface area contributed by atoms with E-state index in [4.69, 9.17) is 0 Å². The van der Waals surface area contributed by atoms with Gasteiger partial charge in [0, 0.05) is 10.4 Å². The summed E-state index contributed by atoms with van der Waals surface area (Å²) in [6.45, 7) is 0.950. The van der Waals surface area contributed by atoms with Crippen LogP contribution < -0.4 is 10.6 Å². The van der Waals surface area contributed by atoms with Gasteiger partial charge in [-0.3, -0.25) is 4.79 Å². The zero-order valence-corrected chi connectivity index (χ0v) is 18.5. The second-order valence-corrected chi connectivity index (χ2v) is 8.54. The van der Waals surface area contributed by atoms with Gasteiger partial charge >= 0.3 is 17.8 Å². The van der Waals surface area contributed by atoms with Crippen LogP contribution in [0.15, 0.2) is 24.3 Å². The van der Waals surface area contributed by atoms with E-state index < -0.39 is 29.5 Å². The van der Waals surface area contributed by atoms with Gasteiger partial charge in [-0.2, -0.15) is 18.4 Å². The largest absolute Gasteiger partial charge is 0.463 e. The number of nitrogens with zero attached hydrogens (tertiary/aromatic N) is 1. The van der Waals surface area contributed by atoms with Crippen molar-refractivity contribution < 1.29 is 31.9 Å². The predicted octanol–water partition coefficient (Wildman–Crippen LogP) is 4.69. The van der Waals surface area contributed by atoms with Crippen LogP contribution >= 0.6 is 11.3 Å². The van der Waals surface area contributed by atoms with Crippen LogP contribution in [0.5, 0.6) is 0 Å². The number of ether oxygens (including phenoxy) is 1. The molecule has 3 rings (SSSR count). The summed E-state index contributed by atoms with van der Waals surface area (Å²) in [5, 5.41) is 13.3. The van der Waals surface area contributed by atoms with Crippen molar-refractivity contribution in [1.82, 2.24) is 5.32 Å². The summed E-state index contributed by atoms with van der Waals surface area (Å²) in [5.41, 5.74) is -3.28. The summed E-state index contributed by atoms with van der Waals surface area (Å²) in [7, 11) is 0. The minimum atomic E-state index is -5.34. The Morgan fingerprint density at radius 2 is 1.82 bits per heavy atom. The Kier molecular flexibility index (Phi) is 7.27. The van der Waals surface area contributed by atoms with Gasteiger partial charge in [-0.15, -0.1) is 11.3 Å². The zero-order chi connectivity index (χ0) is 24.2. The lowest BCUT2D eigenvalue weighted by Gasteiger charge is -2.35. The molecule has 0 bridgehead atoms. The van der Waals surface area contributed by atoms with Gasteiger partial charge in [0.05, 0.1) is 12.2 Å². The molecule has 1 aromatic heterocycles. The highest BCUT2D eigenvalue weighted by Crippen LogP contribution is 2.41. The molecule has 0 fully saturated rings. The fourth-order valence-corrected chi connectivity index (χ4v) is 4.89. The zero-order valence-electron chi connectivity index (χ0n) is 17.6. The number of rotatable bonds is 6. The molecule has 1 aliphatic rings. The Balaban J connectivity index is 2.09. The van der Waals surface area contributed by atoms with Crippen LogP contribution in [0.4, 0.5) is 22.6 Å². The first-order valence-electron chi connectivity index (χ1n) is 10.3. The van der Waals surface area contributed by atoms with Crippen molar-refractivity contribution in [2.75, 3.05) is 11.9 Å². The van der Waals surface area contributed by atoms with Crippen LogP contribution in [0.25, 0.3) is 0 Å². The van der Waals surface area contributed by atoms with E-state index in [0.29, 0.717) is 18.4 Å². The Morgan fingerprint density at radius 3 is 2.42 bits per heavy atom. The number of aryl methyl sites for hydroxylation is 1. The van der Waals surface area contributed by atoms with Crippen LogP contribution in [0, 0.1) is 17.1 Å². The summed E-state index contributed by atoms with van der Waals surface area (Å²) in [6.07, 6.45) is -1.63. The summed E-state index contributed by atoms with van der Waals surface area (Å²) in [5.74, 6) is -3.74. The molecular formula is C22H21F4N3O3S. The van der Waals surface area contributed by atoms with Gasteiger partial charge in [0.25, 0.3) is 5.91 Å². The molecule has 1 atom stereocenters. The molecule has 0 radical (unpaired) electrons. The lowest BCUT2D eigenvalue weighted by atomic mass is 10.0. The molecule has 1 amide bonds. The molecule has 11 heteroatoms. The molecule has 0 aliphatic heterocycles. The van der Waals surface area contributed by atoms with Gasteiger partial charge in [-0.05, 0) is 62.4 Å². The number of carbonyl (C=O) groups excluding carboxylic acids is 2. The molecule has 2 aromatic rings. The van der Waals surface area contributed by atoms with Crippen molar-refractivity contribution in [3.05, 3.63) is 51.7 Å². The van der Waals surface area contributed by atoms with Crippen molar-refractivity contribution in [3.8, 4) is 6.07 Å². The lowest BCUT2D eigenvalue weighted by molar-refractivity contribution is -0.204. The minimum absolute atomic E-state index is 0.0193. The third-order valence-corrected chi connectivity index (χ3v) is 6.46. The van der Waals surface area contributed by atoms with Crippen molar-refractivity contribution in [2.45, 2.75) is 50.9 Å². The van der Waals surface area contributed by atoms with Crippen molar-refractivity contribution in [2.24, 2.45) is 0 Å². The van der Waals surface area contributed by atoms with E-state index in [1.807, 2.05) is 6.07 Å². The van der Waals surface area contributed by atoms with E-state index >= 15 is 0 Å². The average Bonchev–Trinajstić information content (AvgIpc) is 2.91. The van der Waals surface area contributed by atoms with Gasteiger partial charge < -0.3 is 15.4 Å². The van der Waals surface area contributed by atoms with Crippen LogP contribution in [0.3, 0.4) is 0 Å². The standard InChI is InChI=1S/C22H21F4N3O3S/c1-2-32-20(31)21(22(24,25)26,28-18(30)13-8-10-14(23)11-9-13)29-19-16(12-27)15-6-4-3-5-7-17(15)33-19/h8-11,29H,2-7H2,1H3,(H,28,30)/t21-/m0/s1. The van der Waals surface area contributed by atoms with E-state index in [-0.39, 0.29) is 22.7 Å². The maximum absolute atomic E-state index is 14.4. The molecule has 33 heavy (non-hydrogen) atoms. The molecule has 2 N–H and O–H groups in total. The normalized spacial score (nSPS) is 15.4. The molecular weight excluding hydrogens is 462 g/mol. The Bertz CT molecular complexity index is 1080. The number of benzene rings is 1. The van der Waals surface area contributed by atoms with Crippen LogP contribution in [-0.2, 0) is 22.4 Å². The number of hydrogen-bond acceptors (Lipinski definition) is 6. The second kappa shape index (κ2) is 9.79. The number of nitriles is 1. The third-order valence-electron chi connectivity index (χ3n) is 5.25. The minimum Gasteiger partial charge on any atom is -0.463 e. The SMILES string of the molecule is CCOC(=O)[C@](NC(=O)c1ccc(F)cc1)(Nc1sc2c(c1C#N)CCCCC2)C(F)(F)F. The Hall–Kier alpha value is -3.13. The number of amides is 1. The number of alkyl halides is 3. The number of fused-ring (bicyclic) bond motifs is 1. The molecule has 1 heterocycles. The van der Waals surface area contributed by atoms with E-state index in [1.54, 1.807) is 5.32 Å². The summed E-state index contributed by atoms with van der Waals surface area (Å²) in [4.78, 5) is 26.1. The smallest absolute Gasteiger partial charge is 0.441 e. The van der Waals surface area contributed by atoms with Gasteiger partial charge in [-0.25, -0.2) is 9.18 Å². The van der Waals surface area contributed by atoms with Crippen LogP contribution in [0.2, 0.25) is 0 Å². The Labute approximate surface area is 191 Å². The number of thiophene rings is 1. The van der Waals surface area contributed by atoms with E-state index in [9.17, 15) is 32.4 Å². The number of halogens is 4. The van der Waals surface area contributed by atoms with E-state index in [1.165, 1.54) is 6.92 Å². The molecule has 0 saturated heterocycles. The van der Waals surface area contributed by atoms with Crippen LogP contribution in [0.1, 0.15) is 52.5 Å². The maximum atomic E-state index is 14.4. The lowest BCUT2D eigenvalue weighted by Crippen LogP contribution is -2.69. The first-order chi connectivity index (χ1) is 15.6. The van der Waals surface area contributed by atoms with Gasteiger partial charge in [-0.1, -0.05) is 6.42 Å². The molecule has 1 aliphatic carbocycles. The van der Waals surface area contributed by atoms with E-state index in [0.717, 1.165) is 59.7 Å². The van der Waals surface area contributed by atoms with Crippen molar-refractivity contribution >= 4 is 28.2 Å². The molecule has 1 aromatic carbocycles. The number of anilines is 1. The monoisotopic (exact) mass is 483 g/mol. The summed E-state index contributed by atoms with van der Waals surface area (Å²) < 4.78 is 61.2.